The molecular formula is C25H26N2O4S. The van der Waals surface area contributed by atoms with Crippen LogP contribution in [0.5, 0.6) is 5.75 Å². The van der Waals surface area contributed by atoms with Gasteiger partial charge in [0.15, 0.2) is 0 Å². The number of anilines is 1. The number of carbonyl (C=O) groups is 1. The molecule has 0 saturated carbocycles. The van der Waals surface area contributed by atoms with E-state index in [1.165, 1.54) is 24.8 Å². The summed E-state index contributed by atoms with van der Waals surface area (Å²) in [6, 6.07) is 19.6. The maximum absolute atomic E-state index is 13.3. The van der Waals surface area contributed by atoms with Crippen molar-refractivity contribution in [2.24, 2.45) is 0 Å². The summed E-state index contributed by atoms with van der Waals surface area (Å²) in [6.07, 6.45) is 1.76. The summed E-state index contributed by atoms with van der Waals surface area (Å²) in [7, 11) is -0.796. The molecule has 0 radical (unpaired) electrons. The van der Waals surface area contributed by atoms with E-state index in [0.717, 1.165) is 24.0 Å². The number of nitrogens with zero attached hydrogens (tertiary/aromatic N) is 1. The number of ether oxygens (including phenoxy) is 1. The Morgan fingerprint density at radius 3 is 2.50 bits per heavy atom. The molecule has 1 N–H and O–H groups in total. The van der Waals surface area contributed by atoms with Crippen LogP contribution in [0.15, 0.2) is 71.6 Å². The van der Waals surface area contributed by atoms with Crippen molar-refractivity contribution < 1.29 is 17.9 Å². The van der Waals surface area contributed by atoms with Crippen LogP contribution in [0, 0.1) is 6.92 Å². The molecule has 1 aliphatic rings. The van der Waals surface area contributed by atoms with E-state index in [1.54, 1.807) is 30.1 Å². The lowest BCUT2D eigenvalue weighted by atomic mass is 10.1. The summed E-state index contributed by atoms with van der Waals surface area (Å²) in [4.78, 5) is 14.9. The molecule has 3 aromatic carbocycles. The number of nitrogens with one attached hydrogen (secondary N) is 1. The summed E-state index contributed by atoms with van der Waals surface area (Å²) in [5.74, 6) is -0.0591. The fraction of sp³-hybridized carbons (Fsp3) is 0.240. The van der Waals surface area contributed by atoms with E-state index in [1.807, 2.05) is 37.3 Å². The zero-order chi connectivity index (χ0) is 22.9. The van der Waals surface area contributed by atoms with E-state index in [4.69, 9.17) is 4.74 Å². The monoisotopic (exact) mass is 450 g/mol. The number of sulfonamides is 1. The highest BCUT2D eigenvalue weighted by molar-refractivity contribution is 7.92. The van der Waals surface area contributed by atoms with Gasteiger partial charge < -0.3 is 9.64 Å². The second-order valence-corrected chi connectivity index (χ2v) is 9.66. The Bertz CT molecular complexity index is 1250. The normalized spacial score (nSPS) is 15.2. The number of fused-ring (bicyclic) bond motifs is 1. The molecule has 0 fully saturated rings. The molecule has 0 aromatic heterocycles. The Labute approximate surface area is 188 Å². The van der Waals surface area contributed by atoms with E-state index in [-0.39, 0.29) is 22.6 Å². The van der Waals surface area contributed by atoms with Crippen LogP contribution in [0.25, 0.3) is 0 Å². The quantitative estimate of drug-likeness (QED) is 0.597. The zero-order valence-corrected chi connectivity index (χ0v) is 19.1. The van der Waals surface area contributed by atoms with Gasteiger partial charge in [-0.2, -0.15) is 0 Å². The van der Waals surface area contributed by atoms with E-state index in [0.29, 0.717) is 11.3 Å². The molecule has 0 heterocycles. The number of methoxy groups -OCH3 is 1. The molecule has 3 aromatic rings. The third-order valence-electron chi connectivity index (χ3n) is 5.89. The molecule has 1 unspecified atom stereocenters. The fourth-order valence-electron chi connectivity index (χ4n) is 4.13. The number of carbonyl (C=O) groups excluding carboxylic acids is 1. The minimum Gasteiger partial charge on any atom is -0.495 e. The molecule has 0 bridgehead atoms. The van der Waals surface area contributed by atoms with Gasteiger partial charge in [-0.3, -0.25) is 9.52 Å². The van der Waals surface area contributed by atoms with Crippen LogP contribution in [0.2, 0.25) is 0 Å². The molecule has 166 valence electrons. The van der Waals surface area contributed by atoms with E-state index < -0.39 is 10.0 Å². The van der Waals surface area contributed by atoms with Gasteiger partial charge in [-0.15, -0.1) is 0 Å². The highest BCUT2D eigenvalue weighted by atomic mass is 32.2. The number of hydrogen-bond donors (Lipinski definition) is 1. The van der Waals surface area contributed by atoms with Gasteiger partial charge in [-0.25, -0.2) is 8.42 Å². The van der Waals surface area contributed by atoms with Gasteiger partial charge in [-0.1, -0.05) is 42.0 Å². The first-order valence-electron chi connectivity index (χ1n) is 10.4. The van der Waals surface area contributed by atoms with Crippen LogP contribution in [0.4, 0.5) is 5.69 Å². The average molecular weight is 451 g/mol. The molecule has 4 rings (SSSR count). The van der Waals surface area contributed by atoms with Crippen molar-refractivity contribution in [3.63, 3.8) is 0 Å². The van der Waals surface area contributed by atoms with Crippen LogP contribution in [-0.2, 0) is 16.4 Å². The maximum atomic E-state index is 13.3. The van der Waals surface area contributed by atoms with Crippen LogP contribution in [0.3, 0.4) is 0 Å². The highest BCUT2D eigenvalue weighted by Gasteiger charge is 2.30. The topological polar surface area (TPSA) is 75.7 Å². The van der Waals surface area contributed by atoms with Crippen molar-refractivity contribution in [3.05, 3.63) is 89.0 Å². The van der Waals surface area contributed by atoms with Crippen LogP contribution >= 0.6 is 0 Å². The minimum atomic E-state index is -3.96. The Morgan fingerprint density at radius 1 is 1.06 bits per heavy atom. The second-order valence-electron chi connectivity index (χ2n) is 8.01. The first kappa shape index (κ1) is 21.9. The average Bonchev–Trinajstić information content (AvgIpc) is 3.23. The van der Waals surface area contributed by atoms with Crippen molar-refractivity contribution >= 4 is 21.6 Å². The van der Waals surface area contributed by atoms with Gasteiger partial charge >= 0.3 is 0 Å². The predicted octanol–water partition coefficient (Wildman–Crippen LogP) is 4.56. The lowest BCUT2D eigenvalue weighted by Gasteiger charge is -2.26. The summed E-state index contributed by atoms with van der Waals surface area (Å²) in [5, 5.41) is 0. The maximum Gasteiger partial charge on any atom is 0.265 e. The number of hydrogen-bond acceptors (Lipinski definition) is 4. The molecule has 1 amide bonds. The number of rotatable bonds is 6. The first-order chi connectivity index (χ1) is 15.3. The van der Waals surface area contributed by atoms with Crippen molar-refractivity contribution in [1.82, 2.24) is 4.90 Å². The van der Waals surface area contributed by atoms with Crippen molar-refractivity contribution in [3.8, 4) is 5.75 Å². The second kappa shape index (κ2) is 8.67. The first-order valence-corrected chi connectivity index (χ1v) is 11.9. The minimum absolute atomic E-state index is 0.0356. The summed E-state index contributed by atoms with van der Waals surface area (Å²) in [5.41, 5.74) is 4.15. The Balaban J connectivity index is 1.64. The van der Waals surface area contributed by atoms with Crippen molar-refractivity contribution in [2.75, 3.05) is 18.9 Å². The predicted molar refractivity (Wildman–Crippen MR) is 125 cm³/mol. The molecule has 6 nitrogen and oxygen atoms in total. The molecular weight excluding hydrogens is 424 g/mol. The van der Waals surface area contributed by atoms with Gasteiger partial charge in [0.25, 0.3) is 15.9 Å². The fourth-order valence-corrected chi connectivity index (χ4v) is 5.39. The zero-order valence-electron chi connectivity index (χ0n) is 18.3. The van der Waals surface area contributed by atoms with Gasteiger partial charge in [0.05, 0.1) is 13.2 Å². The molecule has 1 atom stereocenters. The van der Waals surface area contributed by atoms with Crippen LogP contribution in [-0.4, -0.2) is 33.4 Å². The highest BCUT2D eigenvalue weighted by Crippen LogP contribution is 2.36. The largest absolute Gasteiger partial charge is 0.495 e. The number of aryl methyl sites for hydroxylation is 2. The molecule has 0 spiro atoms. The number of benzene rings is 3. The van der Waals surface area contributed by atoms with Gasteiger partial charge in [-0.05, 0) is 61.2 Å². The van der Waals surface area contributed by atoms with Crippen LogP contribution in [0.1, 0.15) is 39.5 Å². The third kappa shape index (κ3) is 4.21. The van der Waals surface area contributed by atoms with Gasteiger partial charge in [0, 0.05) is 18.3 Å². The Hall–Kier alpha value is -3.32. The Kier molecular flexibility index (Phi) is 5.93. The SMILES string of the molecule is COc1ccc(C(=O)N(C)C2CCc3ccccc32)cc1S(=O)(=O)Nc1ccc(C)cc1. The molecule has 0 aliphatic heterocycles. The standard InChI is InChI=1S/C25H26N2O4S/c1-17-8-12-20(13-9-17)26-32(29,30)24-16-19(11-15-23(24)31-3)25(28)27(2)22-14-10-18-6-4-5-7-21(18)22/h4-9,11-13,15-16,22,26H,10,14H2,1-3H3. The molecule has 1 aliphatic carbocycles. The Morgan fingerprint density at radius 2 is 1.78 bits per heavy atom. The smallest absolute Gasteiger partial charge is 0.265 e. The van der Waals surface area contributed by atoms with E-state index in [9.17, 15) is 13.2 Å². The van der Waals surface area contributed by atoms with Gasteiger partial charge in [0.2, 0.25) is 0 Å². The summed E-state index contributed by atoms with van der Waals surface area (Å²) in [6.45, 7) is 1.93. The summed E-state index contributed by atoms with van der Waals surface area (Å²) >= 11 is 0. The van der Waals surface area contributed by atoms with Gasteiger partial charge in [0.1, 0.15) is 10.6 Å². The van der Waals surface area contributed by atoms with Crippen molar-refractivity contribution in [2.45, 2.75) is 30.7 Å². The molecule has 7 heteroatoms. The lowest BCUT2D eigenvalue weighted by molar-refractivity contribution is 0.0730. The summed E-state index contributed by atoms with van der Waals surface area (Å²) < 4.78 is 34.1. The lowest BCUT2D eigenvalue weighted by Crippen LogP contribution is -2.30. The van der Waals surface area contributed by atoms with Crippen molar-refractivity contribution in [1.29, 1.82) is 0 Å². The third-order valence-corrected chi connectivity index (χ3v) is 7.30. The van der Waals surface area contributed by atoms with Crippen LogP contribution < -0.4 is 9.46 Å². The van der Waals surface area contributed by atoms with E-state index >= 15 is 0 Å². The number of amides is 1. The molecule has 0 saturated heterocycles. The van der Waals surface area contributed by atoms with E-state index in [2.05, 4.69) is 10.8 Å². The molecule has 32 heavy (non-hydrogen) atoms.